The number of likely N-dealkylation sites (N-methyl/N-ethyl adjacent to an activating group) is 1. The molecule has 4 heteroatoms. The predicted octanol–water partition coefficient (Wildman–Crippen LogP) is 1.12. The zero-order chi connectivity index (χ0) is 12.1. The van der Waals surface area contributed by atoms with Crippen LogP contribution >= 0.6 is 0 Å². The molecule has 1 saturated heterocycles. The van der Waals surface area contributed by atoms with E-state index in [1.165, 1.54) is 0 Å². The van der Waals surface area contributed by atoms with Crippen molar-refractivity contribution in [2.24, 2.45) is 5.92 Å². The summed E-state index contributed by atoms with van der Waals surface area (Å²) in [6.45, 7) is 7.88. The van der Waals surface area contributed by atoms with Crippen molar-refractivity contribution in [2.45, 2.75) is 32.7 Å². The first-order valence-corrected chi connectivity index (χ1v) is 6.25. The van der Waals surface area contributed by atoms with Crippen molar-refractivity contribution in [3.8, 4) is 0 Å². The topological polar surface area (TPSA) is 43.8 Å². The van der Waals surface area contributed by atoms with Crippen molar-refractivity contribution in [3.05, 3.63) is 0 Å². The summed E-state index contributed by atoms with van der Waals surface area (Å²) in [5, 5.41) is 9.37. The van der Waals surface area contributed by atoms with Gasteiger partial charge in [-0.3, -0.25) is 9.69 Å². The molecule has 1 N–H and O–H groups in total. The van der Waals surface area contributed by atoms with Gasteiger partial charge in [-0.2, -0.15) is 0 Å². The number of piperazine rings is 1. The van der Waals surface area contributed by atoms with Crippen LogP contribution in [-0.4, -0.2) is 60.1 Å². The predicted molar refractivity (Wildman–Crippen MR) is 64.6 cm³/mol. The Morgan fingerprint density at radius 3 is 2.06 bits per heavy atom. The zero-order valence-electron chi connectivity index (χ0n) is 10.6. The first-order chi connectivity index (χ1) is 7.60. The second-order valence-corrected chi connectivity index (χ2v) is 4.70. The third kappa shape index (κ3) is 3.19. The molecule has 1 atom stereocenters. The molecule has 94 valence electrons. The Bertz CT molecular complexity index is 221. The van der Waals surface area contributed by atoms with Crippen LogP contribution in [0.5, 0.6) is 0 Å². The smallest absolute Gasteiger partial charge is 0.321 e. The molecule has 1 heterocycles. The molecule has 4 nitrogen and oxygen atoms in total. The summed E-state index contributed by atoms with van der Waals surface area (Å²) in [6.07, 6.45) is 1.89. The van der Waals surface area contributed by atoms with Gasteiger partial charge in [-0.25, -0.2) is 0 Å². The van der Waals surface area contributed by atoms with Crippen molar-refractivity contribution in [3.63, 3.8) is 0 Å². The second-order valence-electron chi connectivity index (χ2n) is 4.70. The fraction of sp³-hybridized carbons (Fsp3) is 0.917. The molecule has 0 saturated carbocycles. The van der Waals surface area contributed by atoms with Crippen LogP contribution in [0.15, 0.2) is 0 Å². The third-order valence-electron chi connectivity index (χ3n) is 3.68. The van der Waals surface area contributed by atoms with Crippen LogP contribution < -0.4 is 0 Å². The van der Waals surface area contributed by atoms with Gasteiger partial charge in [-0.15, -0.1) is 0 Å². The zero-order valence-corrected chi connectivity index (χ0v) is 10.6. The maximum Gasteiger partial charge on any atom is 0.321 e. The Labute approximate surface area is 98.2 Å². The Morgan fingerprint density at radius 1 is 1.19 bits per heavy atom. The van der Waals surface area contributed by atoms with Crippen molar-refractivity contribution in [2.75, 3.05) is 33.2 Å². The van der Waals surface area contributed by atoms with E-state index in [-0.39, 0.29) is 12.0 Å². The van der Waals surface area contributed by atoms with E-state index in [2.05, 4.69) is 30.7 Å². The number of rotatable bonds is 5. The maximum absolute atomic E-state index is 11.4. The number of hydrogen-bond donors (Lipinski definition) is 1. The van der Waals surface area contributed by atoms with Gasteiger partial charge in [0.1, 0.15) is 6.04 Å². The van der Waals surface area contributed by atoms with Crippen molar-refractivity contribution in [1.29, 1.82) is 0 Å². The van der Waals surface area contributed by atoms with Crippen LogP contribution in [0.3, 0.4) is 0 Å². The van der Waals surface area contributed by atoms with Gasteiger partial charge in [-0.05, 0) is 13.0 Å². The average Bonchev–Trinajstić information content (AvgIpc) is 2.27. The summed E-state index contributed by atoms with van der Waals surface area (Å²) < 4.78 is 0. The molecule has 0 aromatic rings. The molecule has 1 aliphatic heterocycles. The van der Waals surface area contributed by atoms with Crippen LogP contribution in [0.2, 0.25) is 0 Å². The van der Waals surface area contributed by atoms with E-state index in [1.807, 2.05) is 0 Å². The van der Waals surface area contributed by atoms with Crippen LogP contribution in [0.1, 0.15) is 26.7 Å². The molecular weight excluding hydrogens is 204 g/mol. The first-order valence-electron chi connectivity index (χ1n) is 6.25. The lowest BCUT2D eigenvalue weighted by molar-refractivity contribution is -0.146. The van der Waals surface area contributed by atoms with Gasteiger partial charge in [0.2, 0.25) is 0 Å². The summed E-state index contributed by atoms with van der Waals surface area (Å²) in [5.41, 5.74) is 0. The van der Waals surface area contributed by atoms with Gasteiger partial charge in [0, 0.05) is 26.2 Å². The van der Waals surface area contributed by atoms with Crippen LogP contribution in [0.4, 0.5) is 0 Å². The van der Waals surface area contributed by atoms with Crippen LogP contribution in [0, 0.1) is 5.92 Å². The molecule has 1 unspecified atom stereocenters. The van der Waals surface area contributed by atoms with Gasteiger partial charge < -0.3 is 10.0 Å². The molecule has 1 fully saturated rings. The summed E-state index contributed by atoms with van der Waals surface area (Å²) in [6, 6.07) is -0.288. The van der Waals surface area contributed by atoms with E-state index in [0.717, 1.165) is 39.0 Å². The van der Waals surface area contributed by atoms with Gasteiger partial charge >= 0.3 is 5.97 Å². The molecule has 0 aromatic carbocycles. The summed E-state index contributed by atoms with van der Waals surface area (Å²) in [7, 11) is 2.09. The van der Waals surface area contributed by atoms with E-state index in [4.69, 9.17) is 0 Å². The number of aliphatic carboxylic acids is 1. The maximum atomic E-state index is 11.4. The number of carboxylic acids is 1. The molecule has 16 heavy (non-hydrogen) atoms. The monoisotopic (exact) mass is 228 g/mol. The Hall–Kier alpha value is -0.610. The van der Waals surface area contributed by atoms with Crippen molar-refractivity contribution in [1.82, 2.24) is 9.80 Å². The lowest BCUT2D eigenvalue weighted by atomic mass is 9.92. The summed E-state index contributed by atoms with van der Waals surface area (Å²) >= 11 is 0. The highest BCUT2D eigenvalue weighted by atomic mass is 16.4. The highest BCUT2D eigenvalue weighted by molar-refractivity contribution is 5.73. The number of carbonyl (C=O) groups is 1. The van der Waals surface area contributed by atoms with Gasteiger partial charge in [0.15, 0.2) is 0 Å². The second kappa shape index (κ2) is 6.21. The standard InChI is InChI=1S/C12H24N2O2/c1-4-10(5-2)11(12(15)16)14-8-6-13(3)7-9-14/h10-11H,4-9H2,1-3H3,(H,15,16). The molecule has 0 radical (unpaired) electrons. The molecule has 0 spiro atoms. The van der Waals surface area contributed by atoms with E-state index < -0.39 is 5.97 Å². The van der Waals surface area contributed by atoms with E-state index >= 15 is 0 Å². The Kier molecular flexibility index (Phi) is 5.22. The summed E-state index contributed by atoms with van der Waals surface area (Å²) in [5.74, 6) is -0.376. The van der Waals surface area contributed by atoms with Gasteiger partial charge in [-0.1, -0.05) is 26.7 Å². The average molecular weight is 228 g/mol. The Balaban J connectivity index is 2.66. The Morgan fingerprint density at radius 2 is 1.69 bits per heavy atom. The van der Waals surface area contributed by atoms with Gasteiger partial charge in [0.25, 0.3) is 0 Å². The van der Waals surface area contributed by atoms with E-state index in [0.29, 0.717) is 0 Å². The highest BCUT2D eigenvalue weighted by Gasteiger charge is 2.32. The highest BCUT2D eigenvalue weighted by Crippen LogP contribution is 2.20. The van der Waals surface area contributed by atoms with Gasteiger partial charge in [0.05, 0.1) is 0 Å². The molecular formula is C12H24N2O2. The third-order valence-corrected chi connectivity index (χ3v) is 3.68. The van der Waals surface area contributed by atoms with Crippen molar-refractivity contribution >= 4 is 5.97 Å². The molecule has 1 rings (SSSR count). The molecule has 0 aromatic heterocycles. The number of hydrogen-bond acceptors (Lipinski definition) is 3. The lowest BCUT2D eigenvalue weighted by Crippen LogP contribution is -2.54. The normalized spacial score (nSPS) is 21.2. The SMILES string of the molecule is CCC(CC)C(C(=O)O)N1CCN(C)CC1. The van der Waals surface area contributed by atoms with E-state index in [9.17, 15) is 9.90 Å². The largest absolute Gasteiger partial charge is 0.480 e. The number of nitrogens with zero attached hydrogens (tertiary/aromatic N) is 2. The molecule has 1 aliphatic rings. The molecule has 0 aliphatic carbocycles. The first kappa shape index (κ1) is 13.5. The number of carboxylic acid groups (broad SMARTS) is 1. The van der Waals surface area contributed by atoms with Crippen molar-refractivity contribution < 1.29 is 9.90 Å². The minimum atomic E-state index is -0.654. The van der Waals surface area contributed by atoms with Crippen LogP contribution in [-0.2, 0) is 4.79 Å². The minimum absolute atomic E-state index is 0.279. The minimum Gasteiger partial charge on any atom is -0.480 e. The molecule has 0 bridgehead atoms. The fourth-order valence-electron chi connectivity index (χ4n) is 2.49. The lowest BCUT2D eigenvalue weighted by Gasteiger charge is -2.38. The fourth-order valence-corrected chi connectivity index (χ4v) is 2.49. The molecule has 0 amide bonds. The quantitative estimate of drug-likeness (QED) is 0.766. The van der Waals surface area contributed by atoms with Crippen LogP contribution in [0.25, 0.3) is 0 Å². The summed E-state index contributed by atoms with van der Waals surface area (Å²) in [4.78, 5) is 15.8. The van der Waals surface area contributed by atoms with E-state index in [1.54, 1.807) is 0 Å².